The first-order valence-electron chi connectivity index (χ1n) is 10.7. The number of amides is 1. The van der Waals surface area contributed by atoms with Crippen molar-refractivity contribution in [1.29, 1.82) is 0 Å². The van der Waals surface area contributed by atoms with Crippen LogP contribution >= 0.6 is 0 Å². The molecule has 0 aromatic heterocycles. The van der Waals surface area contributed by atoms with Gasteiger partial charge in [0.2, 0.25) is 15.9 Å². The Morgan fingerprint density at radius 2 is 1.56 bits per heavy atom. The summed E-state index contributed by atoms with van der Waals surface area (Å²) in [5, 5.41) is 5.82. The van der Waals surface area contributed by atoms with E-state index in [1.54, 1.807) is 29.6 Å². The second-order valence-electron chi connectivity index (χ2n) is 7.79. The lowest BCUT2D eigenvalue weighted by molar-refractivity contribution is -0.114. The summed E-state index contributed by atoms with van der Waals surface area (Å²) in [6, 6.07) is 10.2. The minimum Gasteiger partial charge on any atom is -0.495 e. The van der Waals surface area contributed by atoms with Crippen LogP contribution in [0.3, 0.4) is 0 Å². The summed E-state index contributed by atoms with van der Waals surface area (Å²) in [7, 11) is -0.571. The molecule has 1 heterocycles. The van der Waals surface area contributed by atoms with Gasteiger partial charge < -0.3 is 20.1 Å². The summed E-state index contributed by atoms with van der Waals surface area (Å²) in [5.41, 5.74) is 2.00. The first kappa shape index (κ1) is 23.9. The number of hydrogen-bond donors (Lipinski definition) is 2. The first-order valence-corrected chi connectivity index (χ1v) is 12.2. The predicted octanol–water partition coefficient (Wildman–Crippen LogP) is 3.63. The quantitative estimate of drug-likeness (QED) is 0.623. The van der Waals surface area contributed by atoms with E-state index in [-0.39, 0.29) is 17.3 Å². The van der Waals surface area contributed by atoms with E-state index < -0.39 is 10.0 Å². The van der Waals surface area contributed by atoms with Crippen LogP contribution in [0.1, 0.15) is 31.2 Å². The average Bonchev–Trinajstić information content (AvgIpc) is 3.08. The van der Waals surface area contributed by atoms with Crippen molar-refractivity contribution in [1.82, 2.24) is 4.31 Å². The van der Waals surface area contributed by atoms with Crippen molar-refractivity contribution in [2.45, 2.75) is 37.5 Å². The van der Waals surface area contributed by atoms with Gasteiger partial charge in [0.05, 0.1) is 37.0 Å². The SMILES string of the molecule is COc1ccc(S(=O)(=O)N2CCCCCC2)cc1NCC(=O)Nc1cc(C)ccc1OC. The summed E-state index contributed by atoms with van der Waals surface area (Å²) >= 11 is 0. The average molecular weight is 462 g/mol. The number of ether oxygens (including phenoxy) is 2. The highest BCUT2D eigenvalue weighted by Crippen LogP contribution is 2.30. The van der Waals surface area contributed by atoms with Crippen LogP contribution in [0.2, 0.25) is 0 Å². The van der Waals surface area contributed by atoms with Crippen LogP contribution in [0, 0.1) is 6.92 Å². The van der Waals surface area contributed by atoms with Crippen molar-refractivity contribution in [3.63, 3.8) is 0 Å². The molecule has 1 aliphatic heterocycles. The van der Waals surface area contributed by atoms with Gasteiger partial charge in [-0.3, -0.25) is 4.79 Å². The lowest BCUT2D eigenvalue weighted by Crippen LogP contribution is -2.32. The van der Waals surface area contributed by atoms with Crippen LogP contribution in [0.5, 0.6) is 11.5 Å². The summed E-state index contributed by atoms with van der Waals surface area (Å²) in [6.45, 7) is 2.91. The second-order valence-corrected chi connectivity index (χ2v) is 9.72. The Morgan fingerprint density at radius 3 is 2.22 bits per heavy atom. The van der Waals surface area contributed by atoms with E-state index in [2.05, 4.69) is 10.6 Å². The standard InChI is InChI=1S/C23H31N3O5S/c1-17-8-10-22(31-3)20(14-17)25-23(27)16-24-19-15-18(9-11-21(19)30-2)32(28,29)26-12-6-4-5-7-13-26/h8-11,14-15,24H,4-7,12-13,16H2,1-3H3,(H,25,27). The number of rotatable bonds is 8. The van der Waals surface area contributed by atoms with Gasteiger partial charge in [-0.1, -0.05) is 18.9 Å². The first-order chi connectivity index (χ1) is 15.3. The van der Waals surface area contributed by atoms with E-state index in [0.29, 0.717) is 36.0 Å². The molecule has 0 unspecified atom stereocenters. The van der Waals surface area contributed by atoms with E-state index in [4.69, 9.17) is 9.47 Å². The Labute approximate surface area is 190 Å². The van der Waals surface area contributed by atoms with Gasteiger partial charge in [-0.05, 0) is 55.7 Å². The molecule has 1 aliphatic rings. The molecule has 2 aromatic carbocycles. The highest BCUT2D eigenvalue weighted by atomic mass is 32.2. The van der Waals surface area contributed by atoms with Crippen molar-refractivity contribution in [3.8, 4) is 11.5 Å². The molecule has 3 rings (SSSR count). The maximum absolute atomic E-state index is 13.1. The molecule has 0 saturated carbocycles. The number of aryl methyl sites for hydroxylation is 1. The number of carbonyl (C=O) groups is 1. The molecular formula is C23H31N3O5S. The van der Waals surface area contributed by atoms with Gasteiger partial charge in [-0.25, -0.2) is 8.42 Å². The number of hydrogen-bond acceptors (Lipinski definition) is 6. The highest BCUT2D eigenvalue weighted by Gasteiger charge is 2.26. The molecule has 174 valence electrons. The van der Waals surface area contributed by atoms with Crippen molar-refractivity contribution in [3.05, 3.63) is 42.0 Å². The molecule has 8 nitrogen and oxygen atoms in total. The summed E-state index contributed by atoms with van der Waals surface area (Å²) in [6.07, 6.45) is 3.82. The maximum atomic E-state index is 13.1. The lowest BCUT2D eigenvalue weighted by Gasteiger charge is -2.21. The van der Waals surface area contributed by atoms with Crippen LogP contribution in [0.15, 0.2) is 41.3 Å². The number of benzene rings is 2. The zero-order valence-corrected chi connectivity index (χ0v) is 19.6. The lowest BCUT2D eigenvalue weighted by atomic mass is 10.2. The molecule has 1 fully saturated rings. The number of sulfonamides is 1. The fourth-order valence-electron chi connectivity index (χ4n) is 3.71. The smallest absolute Gasteiger partial charge is 0.243 e. The third-order valence-corrected chi connectivity index (χ3v) is 7.34. The van der Waals surface area contributed by atoms with Crippen molar-refractivity contribution < 1.29 is 22.7 Å². The third kappa shape index (κ3) is 5.72. The van der Waals surface area contributed by atoms with Crippen molar-refractivity contribution in [2.75, 3.05) is 44.5 Å². The monoisotopic (exact) mass is 461 g/mol. The van der Waals surface area contributed by atoms with Gasteiger partial charge in [0.25, 0.3) is 0 Å². The second kappa shape index (κ2) is 10.7. The Bertz CT molecular complexity index is 1050. The van der Waals surface area contributed by atoms with Gasteiger partial charge >= 0.3 is 0 Å². The van der Waals surface area contributed by atoms with Crippen LogP contribution in [0.25, 0.3) is 0 Å². The molecule has 0 bridgehead atoms. The molecule has 0 radical (unpaired) electrons. The van der Waals surface area contributed by atoms with Gasteiger partial charge in [0, 0.05) is 13.1 Å². The molecular weight excluding hydrogens is 430 g/mol. The minimum absolute atomic E-state index is 0.0688. The largest absolute Gasteiger partial charge is 0.495 e. The summed E-state index contributed by atoms with van der Waals surface area (Å²) < 4.78 is 38.5. The fraction of sp³-hybridized carbons (Fsp3) is 0.435. The third-order valence-electron chi connectivity index (χ3n) is 5.44. The van der Waals surface area contributed by atoms with Crippen LogP contribution in [-0.4, -0.2) is 52.5 Å². The Balaban J connectivity index is 1.75. The van der Waals surface area contributed by atoms with E-state index in [1.165, 1.54) is 13.2 Å². The highest BCUT2D eigenvalue weighted by molar-refractivity contribution is 7.89. The number of nitrogens with one attached hydrogen (secondary N) is 2. The fourth-order valence-corrected chi connectivity index (χ4v) is 5.25. The summed E-state index contributed by atoms with van der Waals surface area (Å²) in [4.78, 5) is 12.7. The van der Waals surface area contributed by atoms with E-state index in [1.807, 2.05) is 19.1 Å². The summed E-state index contributed by atoms with van der Waals surface area (Å²) in [5.74, 6) is 0.726. The van der Waals surface area contributed by atoms with Crippen LogP contribution < -0.4 is 20.1 Å². The normalized spacial score (nSPS) is 15.0. The molecule has 9 heteroatoms. The molecule has 2 aromatic rings. The predicted molar refractivity (Wildman–Crippen MR) is 125 cm³/mol. The van der Waals surface area contributed by atoms with Gasteiger partial charge in [0.15, 0.2) is 0 Å². The maximum Gasteiger partial charge on any atom is 0.243 e. The number of methoxy groups -OCH3 is 2. The molecule has 1 saturated heterocycles. The van der Waals surface area contributed by atoms with Gasteiger partial charge in [-0.15, -0.1) is 0 Å². The van der Waals surface area contributed by atoms with E-state index >= 15 is 0 Å². The van der Waals surface area contributed by atoms with Gasteiger partial charge in [0.1, 0.15) is 11.5 Å². The minimum atomic E-state index is -3.61. The Morgan fingerprint density at radius 1 is 0.938 bits per heavy atom. The Hall–Kier alpha value is -2.78. The van der Waals surface area contributed by atoms with Crippen LogP contribution in [-0.2, 0) is 14.8 Å². The molecule has 32 heavy (non-hydrogen) atoms. The van der Waals surface area contributed by atoms with E-state index in [0.717, 1.165) is 31.2 Å². The number of carbonyl (C=O) groups excluding carboxylic acids is 1. The zero-order valence-electron chi connectivity index (χ0n) is 18.8. The zero-order chi connectivity index (χ0) is 23.1. The van der Waals surface area contributed by atoms with Crippen LogP contribution in [0.4, 0.5) is 11.4 Å². The molecule has 0 atom stereocenters. The topological polar surface area (TPSA) is 97.0 Å². The number of anilines is 2. The van der Waals surface area contributed by atoms with Crippen molar-refractivity contribution in [2.24, 2.45) is 0 Å². The molecule has 2 N–H and O–H groups in total. The van der Waals surface area contributed by atoms with Crippen molar-refractivity contribution >= 4 is 27.3 Å². The molecule has 0 aliphatic carbocycles. The van der Waals surface area contributed by atoms with E-state index in [9.17, 15) is 13.2 Å². The number of nitrogens with zero attached hydrogens (tertiary/aromatic N) is 1. The van der Waals surface area contributed by atoms with Gasteiger partial charge in [-0.2, -0.15) is 4.31 Å². The molecule has 0 spiro atoms. The molecule has 1 amide bonds. The Kier molecular flexibility index (Phi) is 7.98.